The first kappa shape index (κ1) is 22.9. The van der Waals surface area contributed by atoms with Crippen molar-refractivity contribution in [3.63, 3.8) is 0 Å². The Bertz CT molecular complexity index is 1390. The fourth-order valence-electron chi connectivity index (χ4n) is 3.49. The van der Waals surface area contributed by atoms with Crippen LogP contribution < -0.4 is 25.0 Å². The van der Waals surface area contributed by atoms with Crippen molar-refractivity contribution >= 4 is 22.6 Å². The Labute approximate surface area is 196 Å². The summed E-state index contributed by atoms with van der Waals surface area (Å²) in [5, 5.41) is 3.15. The minimum Gasteiger partial charge on any atom is -0.497 e. The predicted molar refractivity (Wildman–Crippen MR) is 131 cm³/mol. The molecule has 1 aromatic heterocycles. The highest BCUT2D eigenvalue weighted by Gasteiger charge is 2.23. The molecule has 0 spiro atoms. The summed E-state index contributed by atoms with van der Waals surface area (Å²) in [5.74, 6) is 0.823. The summed E-state index contributed by atoms with van der Waals surface area (Å²) < 4.78 is 22.5. The van der Waals surface area contributed by atoms with Crippen molar-refractivity contribution in [2.75, 3.05) is 19.5 Å². The van der Waals surface area contributed by atoms with E-state index in [9.17, 15) is 9.59 Å². The van der Waals surface area contributed by atoms with Crippen molar-refractivity contribution in [2.45, 2.75) is 20.0 Å². The molecule has 0 aliphatic heterocycles. The molecule has 7 heteroatoms. The molecule has 0 bridgehead atoms. The van der Waals surface area contributed by atoms with Crippen LogP contribution in [0.1, 0.15) is 12.5 Å². The summed E-state index contributed by atoms with van der Waals surface area (Å²) in [6.07, 6.45) is -1.000. The van der Waals surface area contributed by atoms with E-state index in [1.807, 2.05) is 31.2 Å². The van der Waals surface area contributed by atoms with Crippen LogP contribution in [0.4, 0.5) is 5.69 Å². The summed E-state index contributed by atoms with van der Waals surface area (Å²) in [4.78, 5) is 26.3. The second-order valence-corrected chi connectivity index (χ2v) is 7.77. The molecular weight excluding hydrogens is 434 g/mol. The maximum absolute atomic E-state index is 13.3. The number of methoxy groups -OCH3 is 2. The van der Waals surface area contributed by atoms with E-state index in [0.29, 0.717) is 33.7 Å². The molecule has 3 aromatic carbocycles. The number of amides is 1. The molecule has 0 saturated heterocycles. The van der Waals surface area contributed by atoms with Crippen molar-refractivity contribution in [3.05, 3.63) is 82.5 Å². The van der Waals surface area contributed by atoms with E-state index in [1.165, 1.54) is 7.11 Å². The van der Waals surface area contributed by atoms with E-state index in [0.717, 1.165) is 5.56 Å². The molecule has 7 nitrogen and oxygen atoms in total. The second-order valence-electron chi connectivity index (χ2n) is 7.77. The summed E-state index contributed by atoms with van der Waals surface area (Å²) in [6.45, 7) is 3.54. The average molecular weight is 459 g/mol. The van der Waals surface area contributed by atoms with Crippen LogP contribution >= 0.6 is 0 Å². The van der Waals surface area contributed by atoms with E-state index in [2.05, 4.69) is 5.32 Å². The van der Waals surface area contributed by atoms with Crippen molar-refractivity contribution in [1.29, 1.82) is 0 Å². The molecule has 1 atom stereocenters. The van der Waals surface area contributed by atoms with E-state index < -0.39 is 12.0 Å². The van der Waals surface area contributed by atoms with Crippen LogP contribution in [0.3, 0.4) is 0 Å². The van der Waals surface area contributed by atoms with Gasteiger partial charge < -0.3 is 23.9 Å². The van der Waals surface area contributed by atoms with Gasteiger partial charge in [0.1, 0.15) is 17.1 Å². The van der Waals surface area contributed by atoms with Crippen LogP contribution in [-0.2, 0) is 4.79 Å². The zero-order chi connectivity index (χ0) is 24.2. The van der Waals surface area contributed by atoms with Gasteiger partial charge in [0.05, 0.1) is 25.3 Å². The standard InChI is InChI=1S/C27H25NO6/c1-16-9-11-18(12-10-16)25-26(24(29)20-7-5-6-8-22(20)34-25)33-17(2)27(30)28-21-14-13-19(31-3)15-23(21)32-4/h5-15,17H,1-4H3,(H,28,30). The molecule has 174 valence electrons. The number of carbonyl (C=O) groups is 1. The zero-order valence-corrected chi connectivity index (χ0v) is 19.4. The third-order valence-electron chi connectivity index (χ3n) is 5.40. The van der Waals surface area contributed by atoms with Crippen molar-refractivity contribution < 1.29 is 23.4 Å². The Hall–Kier alpha value is -4.26. The van der Waals surface area contributed by atoms with E-state index in [1.54, 1.807) is 56.5 Å². The largest absolute Gasteiger partial charge is 0.497 e. The summed E-state index contributed by atoms with van der Waals surface area (Å²) in [7, 11) is 3.04. The number of fused-ring (bicyclic) bond motifs is 1. The fraction of sp³-hybridized carbons (Fsp3) is 0.185. The molecule has 1 unspecified atom stereocenters. The smallest absolute Gasteiger partial charge is 0.265 e. The maximum atomic E-state index is 13.3. The molecule has 4 rings (SSSR count). The van der Waals surface area contributed by atoms with Gasteiger partial charge in [-0.2, -0.15) is 0 Å². The highest BCUT2D eigenvalue weighted by Crippen LogP contribution is 2.32. The number of para-hydroxylation sites is 1. The molecular formula is C27H25NO6. The molecule has 0 saturated carbocycles. The first-order valence-electron chi connectivity index (χ1n) is 10.7. The summed E-state index contributed by atoms with van der Waals surface area (Å²) in [5.41, 5.74) is 2.28. The molecule has 0 aliphatic rings. The van der Waals surface area contributed by atoms with Gasteiger partial charge in [0.2, 0.25) is 11.2 Å². The Morgan fingerprint density at radius 2 is 1.71 bits per heavy atom. The second kappa shape index (κ2) is 9.70. The summed E-state index contributed by atoms with van der Waals surface area (Å²) in [6, 6.07) is 19.5. The lowest BCUT2D eigenvalue weighted by Crippen LogP contribution is -2.32. The van der Waals surface area contributed by atoms with Crippen LogP contribution in [0.25, 0.3) is 22.3 Å². The third kappa shape index (κ3) is 4.59. The fourth-order valence-corrected chi connectivity index (χ4v) is 3.49. The van der Waals surface area contributed by atoms with Gasteiger partial charge in [0.15, 0.2) is 11.9 Å². The Kier molecular flexibility index (Phi) is 6.54. The normalized spacial score (nSPS) is 11.6. The zero-order valence-electron chi connectivity index (χ0n) is 19.4. The van der Waals surface area contributed by atoms with E-state index in [-0.39, 0.29) is 16.9 Å². The van der Waals surface area contributed by atoms with Crippen molar-refractivity contribution in [1.82, 2.24) is 0 Å². The Balaban J connectivity index is 1.69. The molecule has 1 N–H and O–H groups in total. The maximum Gasteiger partial charge on any atom is 0.265 e. The Morgan fingerprint density at radius 3 is 2.41 bits per heavy atom. The number of nitrogens with one attached hydrogen (secondary N) is 1. The third-order valence-corrected chi connectivity index (χ3v) is 5.40. The number of hydrogen-bond acceptors (Lipinski definition) is 6. The van der Waals surface area contributed by atoms with Crippen LogP contribution in [0.5, 0.6) is 17.2 Å². The topological polar surface area (TPSA) is 87.0 Å². The molecule has 0 aliphatic carbocycles. The highest BCUT2D eigenvalue weighted by molar-refractivity contribution is 5.95. The van der Waals surface area contributed by atoms with Crippen molar-refractivity contribution in [2.24, 2.45) is 0 Å². The number of rotatable bonds is 7. The average Bonchev–Trinajstić information content (AvgIpc) is 2.86. The lowest BCUT2D eigenvalue weighted by Gasteiger charge is -2.18. The van der Waals surface area contributed by atoms with Crippen LogP contribution in [0.15, 0.2) is 75.9 Å². The number of anilines is 1. The quantitative estimate of drug-likeness (QED) is 0.409. The molecule has 1 amide bonds. The van der Waals surface area contributed by atoms with E-state index >= 15 is 0 Å². The molecule has 4 aromatic rings. The predicted octanol–water partition coefficient (Wildman–Crippen LogP) is 5.19. The van der Waals surface area contributed by atoms with Gasteiger partial charge in [0, 0.05) is 11.6 Å². The first-order chi connectivity index (χ1) is 16.4. The lowest BCUT2D eigenvalue weighted by molar-refractivity contribution is -0.122. The Morgan fingerprint density at radius 1 is 0.971 bits per heavy atom. The van der Waals surface area contributed by atoms with Crippen LogP contribution in [0.2, 0.25) is 0 Å². The van der Waals surface area contributed by atoms with Crippen LogP contribution in [0, 0.1) is 6.92 Å². The van der Waals surface area contributed by atoms with Gasteiger partial charge >= 0.3 is 0 Å². The first-order valence-corrected chi connectivity index (χ1v) is 10.7. The summed E-state index contributed by atoms with van der Waals surface area (Å²) >= 11 is 0. The molecule has 34 heavy (non-hydrogen) atoms. The molecule has 0 radical (unpaired) electrons. The molecule has 0 fully saturated rings. The highest BCUT2D eigenvalue weighted by atomic mass is 16.5. The van der Waals surface area contributed by atoms with Gasteiger partial charge in [-0.1, -0.05) is 42.0 Å². The number of benzene rings is 3. The minimum absolute atomic E-state index is 0.0214. The SMILES string of the molecule is COc1ccc(NC(=O)C(C)Oc2c(-c3ccc(C)cc3)oc3ccccc3c2=O)c(OC)c1. The van der Waals surface area contributed by atoms with Gasteiger partial charge in [-0.05, 0) is 38.1 Å². The number of hydrogen-bond donors (Lipinski definition) is 1. The molecule has 1 heterocycles. The minimum atomic E-state index is -1.000. The van der Waals surface area contributed by atoms with Gasteiger partial charge in [0.25, 0.3) is 5.91 Å². The number of carbonyl (C=O) groups excluding carboxylic acids is 1. The lowest BCUT2D eigenvalue weighted by atomic mass is 10.1. The van der Waals surface area contributed by atoms with E-state index in [4.69, 9.17) is 18.6 Å². The monoisotopic (exact) mass is 459 g/mol. The number of ether oxygens (including phenoxy) is 3. The number of aryl methyl sites for hydroxylation is 1. The van der Waals surface area contributed by atoms with Crippen LogP contribution in [-0.4, -0.2) is 26.2 Å². The van der Waals surface area contributed by atoms with Gasteiger partial charge in [-0.3, -0.25) is 9.59 Å². The van der Waals surface area contributed by atoms with Gasteiger partial charge in [-0.15, -0.1) is 0 Å². The van der Waals surface area contributed by atoms with Crippen molar-refractivity contribution in [3.8, 4) is 28.6 Å². The van der Waals surface area contributed by atoms with Gasteiger partial charge in [-0.25, -0.2) is 0 Å².